The lowest BCUT2D eigenvalue weighted by Crippen LogP contribution is -2.39. The molecular weight excluding hydrogens is 436 g/mol. The maximum absolute atomic E-state index is 2.70. The van der Waals surface area contributed by atoms with Crippen molar-refractivity contribution in [1.82, 2.24) is 9.80 Å². The molecule has 1 aliphatic heterocycles. The Morgan fingerprint density at radius 3 is 0.972 bits per heavy atom. The summed E-state index contributed by atoms with van der Waals surface area (Å²) in [5.41, 5.74) is 0. The summed E-state index contributed by atoms with van der Waals surface area (Å²) in [6, 6.07) is 0. The fourth-order valence-corrected chi connectivity index (χ4v) is 5.83. The van der Waals surface area contributed by atoms with E-state index in [0.717, 1.165) is 0 Å². The van der Waals surface area contributed by atoms with Gasteiger partial charge in [-0.25, -0.2) is 0 Å². The molecule has 1 unspecified atom stereocenters. The summed E-state index contributed by atoms with van der Waals surface area (Å²) in [6.07, 6.45) is 42.5. The van der Waals surface area contributed by atoms with Crippen molar-refractivity contribution in [2.24, 2.45) is 0 Å². The number of nitrogens with zero attached hydrogens (tertiary/aromatic N) is 2. The van der Waals surface area contributed by atoms with Crippen molar-refractivity contribution in [3.05, 3.63) is 12.4 Å². The molecule has 1 atom stereocenters. The van der Waals surface area contributed by atoms with Crippen molar-refractivity contribution in [2.75, 3.05) is 13.1 Å². The van der Waals surface area contributed by atoms with Crippen LogP contribution < -0.4 is 0 Å². The van der Waals surface area contributed by atoms with Gasteiger partial charge in [0.2, 0.25) is 0 Å². The second-order valence-corrected chi connectivity index (χ2v) is 11.8. The summed E-state index contributed by atoms with van der Waals surface area (Å²) in [7, 11) is 0. The highest BCUT2D eigenvalue weighted by Crippen LogP contribution is 2.24. The maximum Gasteiger partial charge on any atom is 0.101 e. The molecule has 0 aromatic carbocycles. The number of unbranched alkanes of at least 4 members (excludes halogenated alkanes) is 22. The fourth-order valence-electron chi connectivity index (χ4n) is 5.83. The topological polar surface area (TPSA) is 6.48 Å². The zero-order valence-corrected chi connectivity index (χ0v) is 25.4. The number of hydrogen-bond donors (Lipinski definition) is 0. The minimum absolute atomic E-state index is 0.642. The Hall–Kier alpha value is -0.660. The molecule has 2 heteroatoms. The Kier molecular flexibility index (Phi) is 24.1. The first-order chi connectivity index (χ1) is 17.8. The van der Waals surface area contributed by atoms with E-state index in [4.69, 9.17) is 0 Å². The highest BCUT2D eigenvalue weighted by atomic mass is 15.4. The number of hydrogen-bond acceptors (Lipinski definition) is 2. The molecule has 0 N–H and O–H groups in total. The molecule has 1 heterocycles. The Bertz CT molecular complexity index is 460. The molecule has 214 valence electrons. The summed E-state index contributed by atoms with van der Waals surface area (Å²) in [6.45, 7) is 9.46. The molecule has 36 heavy (non-hydrogen) atoms. The van der Waals surface area contributed by atoms with E-state index in [1.165, 1.54) is 180 Å². The van der Waals surface area contributed by atoms with E-state index in [0.29, 0.717) is 6.17 Å². The van der Waals surface area contributed by atoms with E-state index in [2.05, 4.69) is 43.0 Å². The molecular formula is C34H68N2. The smallest absolute Gasteiger partial charge is 0.101 e. The van der Waals surface area contributed by atoms with Gasteiger partial charge in [-0.2, -0.15) is 0 Å². The average Bonchev–Trinajstić information content (AvgIpc) is 3.27. The van der Waals surface area contributed by atoms with Gasteiger partial charge in [0.05, 0.1) is 0 Å². The van der Waals surface area contributed by atoms with Gasteiger partial charge >= 0.3 is 0 Å². The van der Waals surface area contributed by atoms with Gasteiger partial charge in [0.1, 0.15) is 6.17 Å². The predicted octanol–water partition coefficient (Wildman–Crippen LogP) is 11.6. The van der Waals surface area contributed by atoms with Crippen LogP contribution in [0.4, 0.5) is 0 Å². The molecule has 0 fully saturated rings. The average molecular weight is 505 g/mol. The first-order valence-corrected chi connectivity index (χ1v) is 17.0. The first kappa shape index (κ1) is 33.4. The minimum atomic E-state index is 0.642. The summed E-state index contributed by atoms with van der Waals surface area (Å²) in [5, 5.41) is 0. The maximum atomic E-state index is 2.70. The van der Waals surface area contributed by atoms with Crippen molar-refractivity contribution < 1.29 is 0 Å². The monoisotopic (exact) mass is 505 g/mol. The van der Waals surface area contributed by atoms with Gasteiger partial charge in [0.15, 0.2) is 0 Å². The van der Waals surface area contributed by atoms with Crippen LogP contribution in [-0.4, -0.2) is 29.1 Å². The van der Waals surface area contributed by atoms with E-state index >= 15 is 0 Å². The van der Waals surface area contributed by atoms with E-state index < -0.39 is 0 Å². The van der Waals surface area contributed by atoms with Gasteiger partial charge in [-0.15, -0.1) is 0 Å². The third-order valence-corrected chi connectivity index (χ3v) is 8.32. The van der Waals surface area contributed by atoms with E-state index in [-0.39, 0.29) is 0 Å². The zero-order chi connectivity index (χ0) is 25.9. The van der Waals surface area contributed by atoms with Gasteiger partial charge < -0.3 is 9.80 Å². The van der Waals surface area contributed by atoms with Crippen LogP contribution in [0.3, 0.4) is 0 Å². The molecule has 2 nitrogen and oxygen atoms in total. The van der Waals surface area contributed by atoms with Gasteiger partial charge in [0, 0.05) is 25.5 Å². The van der Waals surface area contributed by atoms with Crippen LogP contribution in [0.5, 0.6) is 0 Å². The first-order valence-electron chi connectivity index (χ1n) is 17.0. The van der Waals surface area contributed by atoms with Crippen molar-refractivity contribution in [3.8, 4) is 0 Å². The Labute approximate surface area is 229 Å². The molecule has 0 aromatic rings. The molecule has 0 spiro atoms. The Morgan fingerprint density at radius 2 is 0.639 bits per heavy atom. The quantitative estimate of drug-likeness (QED) is 0.0977. The minimum Gasteiger partial charge on any atom is -0.356 e. The van der Waals surface area contributed by atoms with Gasteiger partial charge in [-0.3, -0.25) is 0 Å². The molecule has 0 saturated carbocycles. The zero-order valence-electron chi connectivity index (χ0n) is 25.4. The highest BCUT2D eigenvalue weighted by Gasteiger charge is 2.24. The standard InChI is InChI=1S/C34H68N2/c1-4-7-10-13-16-17-18-19-20-21-23-26-29-34-35(30-27-24-15-12-9-6-3)32-33-36(34)31-28-25-22-14-11-8-5-2/h32-34H,4-31H2,1-3H3. The second-order valence-electron chi connectivity index (χ2n) is 11.8. The molecule has 1 aliphatic rings. The lowest BCUT2D eigenvalue weighted by Gasteiger charge is -2.33. The van der Waals surface area contributed by atoms with E-state index in [9.17, 15) is 0 Å². The highest BCUT2D eigenvalue weighted by molar-refractivity contribution is 4.97. The summed E-state index contributed by atoms with van der Waals surface area (Å²) < 4.78 is 0. The second kappa shape index (κ2) is 26.0. The molecule has 0 aliphatic carbocycles. The van der Waals surface area contributed by atoms with Crippen molar-refractivity contribution in [1.29, 1.82) is 0 Å². The van der Waals surface area contributed by atoms with E-state index in [1.54, 1.807) is 0 Å². The number of rotatable bonds is 28. The lowest BCUT2D eigenvalue weighted by atomic mass is 10.0. The SMILES string of the molecule is CCCCCCCCCCCCCCC1N(CCCCCCCC)C=CN1CCCCCCCCC. The van der Waals surface area contributed by atoms with Crippen LogP contribution in [0.15, 0.2) is 12.4 Å². The van der Waals surface area contributed by atoms with Crippen LogP contribution >= 0.6 is 0 Å². The molecule has 1 rings (SSSR count). The van der Waals surface area contributed by atoms with E-state index in [1.807, 2.05) is 0 Å². The normalized spacial score (nSPS) is 15.5. The van der Waals surface area contributed by atoms with Crippen LogP contribution in [0.1, 0.15) is 188 Å². The van der Waals surface area contributed by atoms with Gasteiger partial charge in [-0.05, 0) is 25.7 Å². The molecule has 0 amide bonds. The fraction of sp³-hybridized carbons (Fsp3) is 0.941. The summed E-state index contributed by atoms with van der Waals surface area (Å²) >= 11 is 0. The van der Waals surface area contributed by atoms with Gasteiger partial charge in [-0.1, -0.05) is 162 Å². The third kappa shape index (κ3) is 18.6. The largest absolute Gasteiger partial charge is 0.356 e. The third-order valence-electron chi connectivity index (χ3n) is 8.32. The van der Waals surface area contributed by atoms with Crippen LogP contribution in [0.2, 0.25) is 0 Å². The summed E-state index contributed by atoms with van der Waals surface area (Å²) in [5.74, 6) is 0. The van der Waals surface area contributed by atoms with Crippen molar-refractivity contribution >= 4 is 0 Å². The summed E-state index contributed by atoms with van der Waals surface area (Å²) in [4.78, 5) is 5.39. The van der Waals surface area contributed by atoms with Crippen LogP contribution in [0, 0.1) is 0 Å². The molecule has 0 aromatic heterocycles. The predicted molar refractivity (Wildman–Crippen MR) is 163 cm³/mol. The van der Waals surface area contributed by atoms with Crippen LogP contribution in [0.25, 0.3) is 0 Å². The van der Waals surface area contributed by atoms with Crippen molar-refractivity contribution in [3.63, 3.8) is 0 Å². The van der Waals surface area contributed by atoms with Crippen molar-refractivity contribution in [2.45, 2.75) is 194 Å². The molecule has 0 radical (unpaired) electrons. The van der Waals surface area contributed by atoms with Crippen LogP contribution in [-0.2, 0) is 0 Å². The Balaban J connectivity index is 2.22. The Morgan fingerprint density at radius 1 is 0.361 bits per heavy atom. The molecule has 0 bridgehead atoms. The molecule has 0 saturated heterocycles. The lowest BCUT2D eigenvalue weighted by molar-refractivity contribution is 0.135. The van der Waals surface area contributed by atoms with Gasteiger partial charge in [0.25, 0.3) is 0 Å².